The molecular formula is C8H7FN2S. The summed E-state index contributed by atoms with van der Waals surface area (Å²) in [6.07, 6.45) is 3.46. The molecule has 0 unspecified atom stereocenters. The number of H-pyrrole nitrogens is 1. The lowest BCUT2D eigenvalue weighted by Gasteiger charge is -1.97. The molecule has 0 bridgehead atoms. The van der Waals surface area contributed by atoms with E-state index in [-0.39, 0.29) is 5.82 Å². The fourth-order valence-corrected chi connectivity index (χ4v) is 1.71. The number of nitrogens with one attached hydrogen (secondary N) is 1. The van der Waals surface area contributed by atoms with Crippen molar-refractivity contribution in [2.45, 2.75) is 4.90 Å². The quantitative estimate of drug-likeness (QED) is 0.686. The SMILES string of the molecule is CSc1ccc(F)c2nc[nH]c12. The van der Waals surface area contributed by atoms with E-state index in [0.717, 1.165) is 10.4 Å². The zero-order chi connectivity index (χ0) is 8.55. The molecule has 1 aromatic heterocycles. The maximum Gasteiger partial charge on any atom is 0.151 e. The van der Waals surface area contributed by atoms with Crippen LogP contribution in [0.2, 0.25) is 0 Å². The standard InChI is InChI=1S/C8H7FN2S/c1-12-6-3-2-5(9)7-8(6)11-4-10-7/h2-4H,1H3,(H,10,11). The summed E-state index contributed by atoms with van der Waals surface area (Å²) >= 11 is 1.57. The first-order valence-corrected chi connectivity index (χ1v) is 4.71. The maximum absolute atomic E-state index is 13.0. The molecule has 0 aliphatic carbocycles. The highest BCUT2D eigenvalue weighted by Gasteiger charge is 2.06. The van der Waals surface area contributed by atoms with Crippen molar-refractivity contribution in [3.63, 3.8) is 0 Å². The molecule has 4 heteroatoms. The normalized spacial score (nSPS) is 10.8. The van der Waals surface area contributed by atoms with Crippen LogP contribution in [0.25, 0.3) is 11.0 Å². The average molecular weight is 182 g/mol. The van der Waals surface area contributed by atoms with Crippen molar-refractivity contribution in [1.82, 2.24) is 9.97 Å². The number of aromatic amines is 1. The number of benzene rings is 1. The molecule has 0 atom stereocenters. The van der Waals surface area contributed by atoms with E-state index in [4.69, 9.17) is 0 Å². The van der Waals surface area contributed by atoms with Crippen molar-refractivity contribution in [2.75, 3.05) is 6.26 Å². The number of aromatic nitrogens is 2. The summed E-state index contributed by atoms with van der Waals surface area (Å²) in [5.41, 5.74) is 1.20. The van der Waals surface area contributed by atoms with E-state index in [1.807, 2.05) is 6.26 Å². The first kappa shape index (κ1) is 7.61. The van der Waals surface area contributed by atoms with Crippen LogP contribution in [0.3, 0.4) is 0 Å². The van der Waals surface area contributed by atoms with Gasteiger partial charge in [-0.1, -0.05) is 0 Å². The van der Waals surface area contributed by atoms with Crippen LogP contribution in [0.15, 0.2) is 23.4 Å². The summed E-state index contributed by atoms with van der Waals surface area (Å²) in [6, 6.07) is 3.19. The molecule has 62 valence electrons. The van der Waals surface area contributed by atoms with Gasteiger partial charge in [-0.3, -0.25) is 0 Å². The molecule has 0 saturated carbocycles. The summed E-state index contributed by atoms with van der Waals surface area (Å²) in [5, 5.41) is 0. The minimum atomic E-state index is -0.274. The number of halogens is 1. The molecule has 1 heterocycles. The zero-order valence-electron chi connectivity index (χ0n) is 6.47. The van der Waals surface area contributed by atoms with E-state index in [2.05, 4.69) is 9.97 Å². The van der Waals surface area contributed by atoms with Crippen molar-refractivity contribution in [1.29, 1.82) is 0 Å². The largest absolute Gasteiger partial charge is 0.344 e. The Balaban J connectivity index is 2.82. The molecule has 1 aromatic carbocycles. The van der Waals surface area contributed by atoms with Gasteiger partial charge < -0.3 is 4.98 Å². The molecule has 0 aliphatic rings. The van der Waals surface area contributed by atoms with Crippen molar-refractivity contribution in [3.8, 4) is 0 Å². The summed E-state index contributed by atoms with van der Waals surface area (Å²) in [7, 11) is 0. The van der Waals surface area contributed by atoms with E-state index in [1.54, 1.807) is 17.8 Å². The van der Waals surface area contributed by atoms with Crippen LogP contribution >= 0.6 is 11.8 Å². The fourth-order valence-electron chi connectivity index (χ4n) is 1.14. The van der Waals surface area contributed by atoms with E-state index < -0.39 is 0 Å². The Morgan fingerprint density at radius 3 is 3.08 bits per heavy atom. The molecule has 0 fully saturated rings. The molecule has 2 rings (SSSR count). The number of fused-ring (bicyclic) bond motifs is 1. The van der Waals surface area contributed by atoms with Crippen molar-refractivity contribution in [2.24, 2.45) is 0 Å². The summed E-state index contributed by atoms with van der Waals surface area (Å²) in [6.45, 7) is 0. The topological polar surface area (TPSA) is 28.7 Å². The maximum atomic E-state index is 13.0. The molecule has 0 radical (unpaired) electrons. The van der Waals surface area contributed by atoms with Crippen LogP contribution < -0.4 is 0 Å². The molecular weight excluding hydrogens is 175 g/mol. The van der Waals surface area contributed by atoms with Crippen LogP contribution in [0.4, 0.5) is 4.39 Å². The molecule has 2 aromatic rings. The molecule has 12 heavy (non-hydrogen) atoms. The van der Waals surface area contributed by atoms with Crippen LogP contribution in [-0.2, 0) is 0 Å². The predicted octanol–water partition coefficient (Wildman–Crippen LogP) is 2.42. The molecule has 0 amide bonds. The second-order valence-electron chi connectivity index (χ2n) is 2.38. The van der Waals surface area contributed by atoms with Crippen LogP contribution in [0.1, 0.15) is 0 Å². The number of hydrogen-bond acceptors (Lipinski definition) is 2. The third kappa shape index (κ3) is 0.992. The number of nitrogens with zero attached hydrogens (tertiary/aromatic N) is 1. The van der Waals surface area contributed by atoms with E-state index in [0.29, 0.717) is 5.52 Å². The van der Waals surface area contributed by atoms with E-state index >= 15 is 0 Å². The van der Waals surface area contributed by atoms with Crippen molar-refractivity contribution in [3.05, 3.63) is 24.3 Å². The zero-order valence-corrected chi connectivity index (χ0v) is 7.28. The lowest BCUT2D eigenvalue weighted by atomic mass is 10.3. The second-order valence-corrected chi connectivity index (χ2v) is 3.22. The highest BCUT2D eigenvalue weighted by atomic mass is 32.2. The van der Waals surface area contributed by atoms with Crippen LogP contribution in [0, 0.1) is 5.82 Å². The lowest BCUT2D eigenvalue weighted by Crippen LogP contribution is -1.80. The Kier molecular flexibility index (Phi) is 1.77. The van der Waals surface area contributed by atoms with Crippen molar-refractivity contribution < 1.29 is 4.39 Å². The Bertz CT molecular complexity index is 410. The second kappa shape index (κ2) is 2.79. The minimum Gasteiger partial charge on any atom is -0.344 e. The van der Waals surface area contributed by atoms with Gasteiger partial charge in [0.25, 0.3) is 0 Å². The van der Waals surface area contributed by atoms with Crippen LogP contribution in [0.5, 0.6) is 0 Å². The summed E-state index contributed by atoms with van der Waals surface area (Å²) < 4.78 is 13.0. The van der Waals surface area contributed by atoms with Gasteiger partial charge in [0.15, 0.2) is 5.82 Å². The summed E-state index contributed by atoms with van der Waals surface area (Å²) in [4.78, 5) is 7.81. The van der Waals surface area contributed by atoms with E-state index in [1.165, 1.54) is 12.4 Å². The van der Waals surface area contributed by atoms with Gasteiger partial charge in [0.2, 0.25) is 0 Å². The minimum absolute atomic E-state index is 0.274. The van der Waals surface area contributed by atoms with Gasteiger partial charge in [-0.05, 0) is 18.4 Å². The third-order valence-electron chi connectivity index (χ3n) is 1.71. The molecule has 0 spiro atoms. The van der Waals surface area contributed by atoms with Gasteiger partial charge in [0, 0.05) is 4.90 Å². The first-order valence-electron chi connectivity index (χ1n) is 3.48. The molecule has 2 nitrogen and oxygen atoms in total. The number of thioether (sulfide) groups is 1. The Morgan fingerprint density at radius 2 is 2.33 bits per heavy atom. The Hall–Kier alpha value is -1.03. The van der Waals surface area contributed by atoms with Crippen LogP contribution in [-0.4, -0.2) is 16.2 Å². The smallest absolute Gasteiger partial charge is 0.151 e. The molecule has 1 N–H and O–H groups in total. The molecule has 0 aliphatic heterocycles. The highest BCUT2D eigenvalue weighted by Crippen LogP contribution is 2.25. The number of rotatable bonds is 1. The predicted molar refractivity (Wildman–Crippen MR) is 47.8 cm³/mol. The molecule has 0 saturated heterocycles. The number of imidazole rings is 1. The van der Waals surface area contributed by atoms with Gasteiger partial charge >= 0.3 is 0 Å². The van der Waals surface area contributed by atoms with Gasteiger partial charge in [0.05, 0.1) is 11.8 Å². The first-order chi connectivity index (χ1) is 5.83. The van der Waals surface area contributed by atoms with Gasteiger partial charge in [-0.2, -0.15) is 0 Å². The van der Waals surface area contributed by atoms with Crippen molar-refractivity contribution >= 4 is 22.8 Å². The van der Waals surface area contributed by atoms with Gasteiger partial charge in [-0.25, -0.2) is 9.37 Å². The monoisotopic (exact) mass is 182 g/mol. The Labute approximate surface area is 73.2 Å². The van der Waals surface area contributed by atoms with Gasteiger partial charge in [0.1, 0.15) is 5.52 Å². The average Bonchev–Trinajstić information content (AvgIpc) is 2.54. The Morgan fingerprint density at radius 1 is 1.50 bits per heavy atom. The fraction of sp³-hybridized carbons (Fsp3) is 0.125. The van der Waals surface area contributed by atoms with Gasteiger partial charge in [-0.15, -0.1) is 11.8 Å². The van der Waals surface area contributed by atoms with E-state index in [9.17, 15) is 4.39 Å². The highest BCUT2D eigenvalue weighted by molar-refractivity contribution is 7.98. The third-order valence-corrected chi connectivity index (χ3v) is 2.49. The number of hydrogen-bond donors (Lipinski definition) is 1. The lowest BCUT2D eigenvalue weighted by molar-refractivity contribution is 0.636. The summed E-state index contributed by atoms with van der Waals surface area (Å²) in [5.74, 6) is -0.274.